The summed E-state index contributed by atoms with van der Waals surface area (Å²) in [5, 5.41) is 8.26. The maximum Gasteiger partial charge on any atom is 0.398 e. The smallest absolute Gasteiger partial charge is 0.312 e. The van der Waals surface area contributed by atoms with Gasteiger partial charge in [-0.05, 0) is 30.5 Å². The molecule has 1 fully saturated rings. The molecule has 12 heteroatoms. The van der Waals surface area contributed by atoms with Crippen LogP contribution in [0.4, 0.5) is 29.2 Å². The lowest BCUT2D eigenvalue weighted by atomic mass is 9.94. The Morgan fingerprint density at radius 3 is 2.50 bits per heavy atom. The van der Waals surface area contributed by atoms with Gasteiger partial charge in [0.15, 0.2) is 5.82 Å². The molecule has 3 aromatic heterocycles. The van der Waals surface area contributed by atoms with Gasteiger partial charge in [-0.15, -0.1) is 10.2 Å². The molecule has 0 radical (unpaired) electrons. The van der Waals surface area contributed by atoms with Crippen molar-refractivity contribution in [3.63, 3.8) is 0 Å². The van der Waals surface area contributed by atoms with Gasteiger partial charge < -0.3 is 4.90 Å². The average Bonchev–Trinajstić information content (AvgIpc) is 3.56. The molecule has 7 nitrogen and oxygen atoms in total. The largest absolute Gasteiger partial charge is 0.398 e. The summed E-state index contributed by atoms with van der Waals surface area (Å²) >= 11 is 6.01. The molecule has 5 aromatic rings. The Hall–Kier alpha value is -3.86. The molecule has 1 aliphatic carbocycles. The number of aromatic nitrogens is 6. The molecule has 0 atom stereocenters. The highest BCUT2D eigenvalue weighted by Gasteiger charge is 2.64. The molecule has 182 valence electrons. The van der Waals surface area contributed by atoms with Crippen LogP contribution in [0.15, 0.2) is 55.1 Å². The fourth-order valence-electron chi connectivity index (χ4n) is 4.39. The molecule has 0 bridgehead atoms. The number of benzene rings is 2. The minimum absolute atomic E-state index is 0.0546. The lowest BCUT2D eigenvalue weighted by molar-refractivity contribution is -0.160. The van der Waals surface area contributed by atoms with Crippen molar-refractivity contribution in [3.05, 3.63) is 71.5 Å². The van der Waals surface area contributed by atoms with Gasteiger partial charge in [0.25, 0.3) is 5.78 Å². The standard InChI is InChI=1S/C24H16ClF4N7/c1-35(21-15-8-17(26)16(25)9-19(15)36-12-31-34-22(36)33-21)20-11-30-10-18(32-20)13-2-4-14(5-3-13)23(6-7-23)24(27,28)29/h2-5,8-12H,6-7H2,1H3. The summed E-state index contributed by atoms with van der Waals surface area (Å²) in [5.74, 6) is 0.410. The summed E-state index contributed by atoms with van der Waals surface area (Å²) in [6.45, 7) is 0. The number of nitrogens with zero attached hydrogens (tertiary/aromatic N) is 7. The number of halogens is 5. The first-order valence-corrected chi connectivity index (χ1v) is 11.3. The van der Waals surface area contributed by atoms with Crippen LogP contribution in [0.1, 0.15) is 18.4 Å². The zero-order valence-electron chi connectivity index (χ0n) is 18.6. The van der Waals surface area contributed by atoms with Crippen molar-refractivity contribution in [2.24, 2.45) is 0 Å². The van der Waals surface area contributed by atoms with Gasteiger partial charge in [0.1, 0.15) is 18.0 Å². The van der Waals surface area contributed by atoms with Crippen LogP contribution in [-0.2, 0) is 5.41 Å². The van der Waals surface area contributed by atoms with Crippen molar-refractivity contribution in [3.8, 4) is 11.3 Å². The molecule has 3 heterocycles. The Balaban J connectivity index is 1.39. The number of hydrogen-bond donors (Lipinski definition) is 0. The minimum atomic E-state index is -4.28. The molecule has 0 spiro atoms. The predicted octanol–water partition coefficient (Wildman–Crippen LogP) is 5.89. The Morgan fingerprint density at radius 1 is 1.06 bits per heavy atom. The van der Waals surface area contributed by atoms with E-state index in [2.05, 4.69) is 25.1 Å². The molecule has 0 saturated heterocycles. The van der Waals surface area contributed by atoms with Crippen LogP contribution in [0, 0.1) is 5.82 Å². The summed E-state index contributed by atoms with van der Waals surface area (Å²) in [6, 6.07) is 8.97. The Bertz CT molecular complexity index is 1630. The van der Waals surface area contributed by atoms with Gasteiger partial charge in [-0.3, -0.25) is 9.38 Å². The molecule has 6 rings (SSSR count). The Kier molecular flexibility index (Phi) is 4.91. The van der Waals surface area contributed by atoms with E-state index >= 15 is 0 Å². The normalized spacial score (nSPS) is 14.9. The van der Waals surface area contributed by atoms with E-state index in [-0.39, 0.29) is 29.2 Å². The predicted molar refractivity (Wildman–Crippen MR) is 126 cm³/mol. The second kappa shape index (κ2) is 7.82. The van der Waals surface area contributed by atoms with Crippen LogP contribution in [0.25, 0.3) is 27.9 Å². The number of rotatable bonds is 4. The maximum absolute atomic E-state index is 14.4. The second-order valence-electron chi connectivity index (χ2n) is 8.70. The first kappa shape index (κ1) is 22.6. The van der Waals surface area contributed by atoms with Gasteiger partial charge in [-0.1, -0.05) is 35.9 Å². The van der Waals surface area contributed by atoms with Crippen LogP contribution >= 0.6 is 11.6 Å². The topological polar surface area (TPSA) is 72.1 Å². The molecular weight excluding hydrogens is 498 g/mol. The second-order valence-corrected chi connectivity index (χ2v) is 9.11. The van der Waals surface area contributed by atoms with Gasteiger partial charge >= 0.3 is 6.18 Å². The quantitative estimate of drug-likeness (QED) is 0.279. The van der Waals surface area contributed by atoms with Crippen LogP contribution in [-0.4, -0.2) is 42.8 Å². The molecule has 1 aliphatic rings. The fourth-order valence-corrected chi connectivity index (χ4v) is 4.54. The molecule has 0 aliphatic heterocycles. The molecule has 0 N–H and O–H groups in total. The number of fused-ring (bicyclic) bond motifs is 3. The number of alkyl halides is 3. The van der Waals surface area contributed by atoms with Crippen LogP contribution < -0.4 is 4.90 Å². The van der Waals surface area contributed by atoms with Crippen molar-refractivity contribution in [1.82, 2.24) is 29.5 Å². The first-order chi connectivity index (χ1) is 17.2. The van der Waals surface area contributed by atoms with Crippen molar-refractivity contribution in [2.75, 3.05) is 11.9 Å². The lowest BCUT2D eigenvalue weighted by Crippen LogP contribution is -2.28. The van der Waals surface area contributed by atoms with E-state index in [4.69, 9.17) is 11.6 Å². The van der Waals surface area contributed by atoms with Gasteiger partial charge in [-0.2, -0.15) is 18.2 Å². The molecule has 0 amide bonds. The van der Waals surface area contributed by atoms with Gasteiger partial charge in [0.05, 0.1) is 34.0 Å². The van der Waals surface area contributed by atoms with Gasteiger partial charge in [0.2, 0.25) is 0 Å². The minimum Gasteiger partial charge on any atom is -0.312 e. The molecular formula is C24H16ClF4N7. The van der Waals surface area contributed by atoms with E-state index in [0.29, 0.717) is 33.8 Å². The van der Waals surface area contributed by atoms with Gasteiger partial charge in [-0.25, -0.2) is 9.37 Å². The van der Waals surface area contributed by atoms with Crippen LogP contribution in [0.5, 0.6) is 0 Å². The average molecular weight is 514 g/mol. The van der Waals surface area contributed by atoms with Crippen molar-refractivity contribution in [2.45, 2.75) is 24.4 Å². The molecule has 36 heavy (non-hydrogen) atoms. The third-order valence-corrected chi connectivity index (χ3v) is 6.87. The summed E-state index contributed by atoms with van der Waals surface area (Å²) < 4.78 is 56.4. The Labute approximate surface area is 206 Å². The van der Waals surface area contributed by atoms with Crippen LogP contribution in [0.2, 0.25) is 5.02 Å². The van der Waals surface area contributed by atoms with E-state index in [0.717, 1.165) is 0 Å². The molecule has 1 saturated carbocycles. The van der Waals surface area contributed by atoms with Crippen LogP contribution in [0.3, 0.4) is 0 Å². The molecule has 0 unspecified atom stereocenters. The van der Waals surface area contributed by atoms with Gasteiger partial charge in [0, 0.05) is 18.0 Å². The summed E-state index contributed by atoms with van der Waals surface area (Å²) in [6.07, 6.45) is 0.404. The maximum atomic E-state index is 14.4. The highest BCUT2D eigenvalue weighted by Crippen LogP contribution is 2.58. The molecule has 2 aromatic carbocycles. The Morgan fingerprint density at radius 2 is 1.81 bits per heavy atom. The van der Waals surface area contributed by atoms with Crippen molar-refractivity contribution < 1.29 is 17.6 Å². The summed E-state index contributed by atoms with van der Waals surface area (Å²) in [5.41, 5.74) is 0.132. The lowest BCUT2D eigenvalue weighted by Gasteiger charge is -2.20. The van der Waals surface area contributed by atoms with Crippen molar-refractivity contribution in [1.29, 1.82) is 0 Å². The highest BCUT2D eigenvalue weighted by atomic mass is 35.5. The van der Waals surface area contributed by atoms with Crippen molar-refractivity contribution >= 4 is 39.9 Å². The van der Waals surface area contributed by atoms with E-state index in [1.165, 1.54) is 43.0 Å². The monoisotopic (exact) mass is 513 g/mol. The van der Waals surface area contributed by atoms with E-state index < -0.39 is 17.4 Å². The first-order valence-electron chi connectivity index (χ1n) is 10.9. The number of anilines is 2. The fraction of sp³-hybridized carbons (Fsp3) is 0.208. The van der Waals surface area contributed by atoms with E-state index in [1.54, 1.807) is 28.5 Å². The highest BCUT2D eigenvalue weighted by molar-refractivity contribution is 6.31. The summed E-state index contributed by atoms with van der Waals surface area (Å²) in [7, 11) is 1.69. The third-order valence-electron chi connectivity index (χ3n) is 6.58. The zero-order valence-corrected chi connectivity index (χ0v) is 19.4. The zero-order chi connectivity index (χ0) is 25.2. The third kappa shape index (κ3) is 3.45. The SMILES string of the molecule is CN(c1cncc(-c2ccc(C3(C(F)(F)F)CC3)cc2)n1)c1nc2nncn2c2cc(Cl)c(F)cc12. The van der Waals surface area contributed by atoms with E-state index in [9.17, 15) is 17.6 Å². The number of hydrogen-bond acceptors (Lipinski definition) is 6. The van der Waals surface area contributed by atoms with E-state index in [1.807, 2.05) is 0 Å². The summed E-state index contributed by atoms with van der Waals surface area (Å²) in [4.78, 5) is 15.0.